The van der Waals surface area contributed by atoms with E-state index in [1.165, 1.54) is 13.2 Å². The molecule has 0 aliphatic carbocycles. The number of ether oxygens (including phenoxy) is 2. The maximum atomic E-state index is 11.3. The van der Waals surface area contributed by atoms with Crippen LogP contribution in [0.4, 0.5) is 0 Å². The van der Waals surface area contributed by atoms with Crippen LogP contribution in [-0.2, 0) is 14.3 Å². The van der Waals surface area contributed by atoms with Gasteiger partial charge in [-0.25, -0.2) is 4.79 Å². The van der Waals surface area contributed by atoms with Crippen molar-refractivity contribution in [2.75, 3.05) is 7.11 Å². The Bertz CT molecular complexity index is 564. The van der Waals surface area contributed by atoms with Crippen LogP contribution in [0.5, 0.6) is 0 Å². The lowest BCUT2D eigenvalue weighted by molar-refractivity contribution is -0.142. The normalized spacial score (nSPS) is 18.6. The molecule has 0 radical (unpaired) electrons. The largest absolute Gasteiger partial charge is 0.501 e. The molecule has 19 heavy (non-hydrogen) atoms. The van der Waals surface area contributed by atoms with Crippen LogP contribution in [0, 0.1) is 11.3 Å². The van der Waals surface area contributed by atoms with E-state index in [1.807, 2.05) is 24.3 Å². The fraction of sp³-hybridized carbons (Fsp3) is 0.200. The monoisotopic (exact) mass is 255 g/mol. The molecule has 1 aliphatic rings. The summed E-state index contributed by atoms with van der Waals surface area (Å²) in [5.41, 5.74) is 1.56. The Hall–Kier alpha value is -2.54. The van der Waals surface area contributed by atoms with Crippen LogP contribution in [0.15, 0.2) is 42.2 Å². The van der Waals surface area contributed by atoms with E-state index in [9.17, 15) is 4.79 Å². The Morgan fingerprint density at radius 1 is 1.42 bits per heavy atom. The number of benzene rings is 1. The molecule has 0 bridgehead atoms. The van der Waals surface area contributed by atoms with Gasteiger partial charge in [0.25, 0.3) is 0 Å². The standard InChI is InChI=1S/C15H13NO3/c1-18-14-8-13(19-15(17)9-14)7-6-11-2-4-12(10-16)5-3-11/h2-7,9,13H,8H2,1H3/b7-6+/t13-/m0/s1. The molecule has 0 aromatic heterocycles. The lowest BCUT2D eigenvalue weighted by Gasteiger charge is -2.19. The molecule has 0 N–H and O–H groups in total. The summed E-state index contributed by atoms with van der Waals surface area (Å²) in [6.45, 7) is 0. The van der Waals surface area contributed by atoms with Gasteiger partial charge in [-0.2, -0.15) is 5.26 Å². The second kappa shape index (κ2) is 5.87. The van der Waals surface area contributed by atoms with E-state index < -0.39 is 5.97 Å². The topological polar surface area (TPSA) is 59.3 Å². The van der Waals surface area contributed by atoms with E-state index in [0.29, 0.717) is 17.7 Å². The molecule has 0 saturated carbocycles. The highest BCUT2D eigenvalue weighted by Crippen LogP contribution is 2.18. The first-order chi connectivity index (χ1) is 9.21. The van der Waals surface area contributed by atoms with Crippen molar-refractivity contribution in [3.8, 4) is 6.07 Å². The second-order valence-corrected chi connectivity index (χ2v) is 4.09. The number of esters is 1. The van der Waals surface area contributed by atoms with E-state index in [1.54, 1.807) is 12.1 Å². The van der Waals surface area contributed by atoms with Crippen LogP contribution in [0.2, 0.25) is 0 Å². The van der Waals surface area contributed by atoms with Crippen molar-refractivity contribution in [2.24, 2.45) is 0 Å². The first-order valence-electron chi connectivity index (χ1n) is 5.85. The Kier molecular flexibility index (Phi) is 3.99. The van der Waals surface area contributed by atoms with Crippen molar-refractivity contribution in [1.29, 1.82) is 5.26 Å². The molecule has 4 heteroatoms. The average Bonchev–Trinajstić information content (AvgIpc) is 2.45. The Balaban J connectivity index is 2.04. The van der Waals surface area contributed by atoms with E-state index >= 15 is 0 Å². The molecule has 2 rings (SSSR count). The molecule has 1 aromatic carbocycles. The highest BCUT2D eigenvalue weighted by molar-refractivity contribution is 5.83. The summed E-state index contributed by atoms with van der Waals surface area (Å²) < 4.78 is 10.2. The van der Waals surface area contributed by atoms with Crippen LogP contribution in [0.3, 0.4) is 0 Å². The predicted octanol–water partition coefficient (Wildman–Crippen LogP) is 2.42. The van der Waals surface area contributed by atoms with Gasteiger partial charge >= 0.3 is 5.97 Å². The Morgan fingerprint density at radius 2 is 2.16 bits per heavy atom. The van der Waals surface area contributed by atoms with E-state index in [2.05, 4.69) is 6.07 Å². The van der Waals surface area contributed by atoms with Gasteiger partial charge in [-0.15, -0.1) is 0 Å². The van der Waals surface area contributed by atoms with E-state index in [0.717, 1.165) is 5.56 Å². The number of methoxy groups -OCH3 is 1. The molecule has 0 saturated heterocycles. The molecule has 0 fully saturated rings. The van der Waals surface area contributed by atoms with Gasteiger partial charge < -0.3 is 9.47 Å². The number of carbonyl (C=O) groups excluding carboxylic acids is 1. The van der Waals surface area contributed by atoms with E-state index in [-0.39, 0.29) is 6.10 Å². The number of nitriles is 1. The smallest absolute Gasteiger partial charge is 0.334 e. The minimum atomic E-state index is -0.391. The Labute approximate surface area is 111 Å². The fourth-order valence-electron chi connectivity index (χ4n) is 1.75. The zero-order valence-corrected chi connectivity index (χ0v) is 10.5. The van der Waals surface area contributed by atoms with Crippen molar-refractivity contribution in [1.82, 2.24) is 0 Å². The molecule has 1 aromatic rings. The molecular formula is C15H13NO3. The lowest BCUT2D eigenvalue weighted by atomic mass is 10.1. The zero-order valence-electron chi connectivity index (χ0n) is 10.5. The van der Waals surface area contributed by atoms with E-state index in [4.69, 9.17) is 14.7 Å². The molecule has 0 spiro atoms. The van der Waals surface area contributed by atoms with Gasteiger partial charge in [0.15, 0.2) is 0 Å². The third-order valence-electron chi connectivity index (χ3n) is 2.75. The van der Waals surface area contributed by atoms with Gasteiger partial charge in [0, 0.05) is 6.42 Å². The summed E-state index contributed by atoms with van der Waals surface area (Å²) in [4.78, 5) is 11.3. The van der Waals surface area contributed by atoms with Crippen molar-refractivity contribution >= 4 is 12.0 Å². The number of carbonyl (C=O) groups is 1. The van der Waals surface area contributed by atoms with Crippen LogP contribution in [0.25, 0.3) is 6.08 Å². The number of hydrogen-bond donors (Lipinski definition) is 0. The van der Waals surface area contributed by atoms with Crippen LogP contribution < -0.4 is 0 Å². The number of hydrogen-bond acceptors (Lipinski definition) is 4. The Morgan fingerprint density at radius 3 is 2.79 bits per heavy atom. The average molecular weight is 255 g/mol. The minimum absolute atomic E-state index is 0.317. The quantitative estimate of drug-likeness (QED) is 0.778. The third kappa shape index (κ3) is 3.46. The molecular weight excluding hydrogens is 242 g/mol. The highest BCUT2D eigenvalue weighted by Gasteiger charge is 2.19. The van der Waals surface area contributed by atoms with Gasteiger partial charge in [-0.1, -0.05) is 18.2 Å². The summed E-state index contributed by atoms with van der Waals surface area (Å²) in [6.07, 6.45) is 5.24. The highest BCUT2D eigenvalue weighted by atomic mass is 16.5. The summed E-state index contributed by atoms with van der Waals surface area (Å²) in [7, 11) is 1.53. The minimum Gasteiger partial charge on any atom is -0.501 e. The summed E-state index contributed by atoms with van der Waals surface area (Å²) in [5.74, 6) is 0.225. The fourth-order valence-corrected chi connectivity index (χ4v) is 1.75. The van der Waals surface area contributed by atoms with Crippen molar-refractivity contribution in [3.05, 3.63) is 53.3 Å². The van der Waals surface area contributed by atoms with Gasteiger partial charge in [-0.05, 0) is 23.8 Å². The summed E-state index contributed by atoms with van der Waals surface area (Å²) in [6, 6.07) is 9.23. The second-order valence-electron chi connectivity index (χ2n) is 4.09. The molecule has 4 nitrogen and oxygen atoms in total. The molecule has 1 heterocycles. The first kappa shape index (κ1) is 12.9. The van der Waals surface area contributed by atoms with Gasteiger partial charge in [-0.3, -0.25) is 0 Å². The number of nitrogens with zero attached hydrogens (tertiary/aromatic N) is 1. The number of rotatable bonds is 3. The molecule has 1 atom stereocenters. The number of cyclic esters (lactones) is 1. The maximum Gasteiger partial charge on any atom is 0.334 e. The zero-order chi connectivity index (χ0) is 13.7. The first-order valence-corrected chi connectivity index (χ1v) is 5.85. The SMILES string of the molecule is COC1=CC(=O)O[C@@H](/C=C/c2ccc(C#N)cc2)C1. The molecule has 96 valence electrons. The molecule has 0 amide bonds. The van der Waals surface area contributed by atoms with Crippen LogP contribution in [0.1, 0.15) is 17.5 Å². The maximum absolute atomic E-state index is 11.3. The van der Waals surface area contributed by atoms with Crippen LogP contribution >= 0.6 is 0 Å². The predicted molar refractivity (Wildman–Crippen MR) is 69.8 cm³/mol. The molecule has 1 aliphatic heterocycles. The summed E-state index contributed by atoms with van der Waals surface area (Å²) in [5, 5.41) is 8.70. The van der Waals surface area contributed by atoms with Gasteiger partial charge in [0.2, 0.25) is 0 Å². The third-order valence-corrected chi connectivity index (χ3v) is 2.75. The van der Waals surface area contributed by atoms with Crippen molar-refractivity contribution < 1.29 is 14.3 Å². The summed E-state index contributed by atoms with van der Waals surface area (Å²) >= 11 is 0. The van der Waals surface area contributed by atoms with Crippen molar-refractivity contribution in [2.45, 2.75) is 12.5 Å². The van der Waals surface area contributed by atoms with Crippen molar-refractivity contribution in [3.63, 3.8) is 0 Å². The lowest BCUT2D eigenvalue weighted by Crippen LogP contribution is -2.21. The van der Waals surface area contributed by atoms with Crippen LogP contribution in [-0.4, -0.2) is 19.2 Å². The van der Waals surface area contributed by atoms with Gasteiger partial charge in [0.05, 0.1) is 24.8 Å². The van der Waals surface area contributed by atoms with Gasteiger partial charge in [0.1, 0.15) is 11.9 Å². The molecule has 0 unspecified atom stereocenters.